The van der Waals surface area contributed by atoms with Crippen molar-refractivity contribution in [3.8, 4) is 0 Å². The molecule has 1 amide bonds. The molecule has 0 aromatic heterocycles. The monoisotopic (exact) mass is 489 g/mol. The van der Waals surface area contributed by atoms with Gasteiger partial charge in [0.2, 0.25) is 5.91 Å². The molecule has 180 valence electrons. The maximum atomic E-state index is 12.9. The Morgan fingerprint density at radius 2 is 1.20 bits per heavy atom. The molecule has 0 saturated carbocycles. The highest BCUT2D eigenvalue weighted by atomic mass is 19.4. The summed E-state index contributed by atoms with van der Waals surface area (Å²) in [6.45, 7) is 0. The Balaban J connectivity index is 1.93. The molecule has 3 rings (SSSR count). The van der Waals surface area contributed by atoms with Crippen LogP contribution in [0, 0.1) is 0 Å². The first kappa shape index (κ1) is 25.5. The van der Waals surface area contributed by atoms with Crippen molar-refractivity contribution in [2.45, 2.75) is 12.4 Å². The minimum Gasteiger partial charge on any atom is -0.322 e. The van der Waals surface area contributed by atoms with Crippen LogP contribution in [0.1, 0.15) is 32.6 Å². The third-order valence-corrected chi connectivity index (χ3v) is 4.90. The van der Waals surface area contributed by atoms with Gasteiger partial charge in [0.1, 0.15) is 0 Å². The van der Waals surface area contributed by atoms with Crippen LogP contribution < -0.4 is 5.32 Å². The summed E-state index contributed by atoms with van der Waals surface area (Å²) in [6, 6.07) is 14.5. The zero-order valence-electron chi connectivity index (χ0n) is 17.8. The van der Waals surface area contributed by atoms with Crippen LogP contribution >= 0.6 is 0 Å². The van der Waals surface area contributed by atoms with Crippen LogP contribution in [0.3, 0.4) is 0 Å². The van der Waals surface area contributed by atoms with Crippen LogP contribution in [0.15, 0.2) is 91.0 Å². The summed E-state index contributed by atoms with van der Waals surface area (Å²) in [7, 11) is 0. The molecule has 9 heteroatoms. The Bertz CT molecular complexity index is 1200. The molecule has 3 aromatic rings. The van der Waals surface area contributed by atoms with Gasteiger partial charge in [-0.05, 0) is 53.1 Å². The highest BCUT2D eigenvalue weighted by Gasteiger charge is 2.31. The summed E-state index contributed by atoms with van der Waals surface area (Å²) in [5.41, 5.74) is -0.312. The number of carbonyl (C=O) groups excluding carboxylic acids is 2. The van der Waals surface area contributed by atoms with Crippen molar-refractivity contribution in [2.24, 2.45) is 0 Å². The molecule has 1 N–H and O–H groups in total. The van der Waals surface area contributed by atoms with Crippen molar-refractivity contribution < 1.29 is 35.9 Å². The molecule has 3 aromatic carbocycles. The fraction of sp³-hybridized carbons (Fsp3) is 0.0769. The molecule has 0 aliphatic heterocycles. The van der Waals surface area contributed by atoms with Crippen LogP contribution in [0.2, 0.25) is 0 Å². The Hall–Kier alpha value is -4.14. The minimum atomic E-state index is -4.55. The first-order valence-electron chi connectivity index (χ1n) is 10.1. The van der Waals surface area contributed by atoms with E-state index in [1.165, 1.54) is 48.6 Å². The number of alkyl halides is 6. The normalized spacial score (nSPS) is 11.8. The highest BCUT2D eigenvalue weighted by molar-refractivity contribution is 6.02. The van der Waals surface area contributed by atoms with Crippen LogP contribution in [0.25, 0.3) is 5.57 Å². The highest BCUT2D eigenvalue weighted by Crippen LogP contribution is 2.33. The van der Waals surface area contributed by atoms with Gasteiger partial charge in [-0.3, -0.25) is 9.59 Å². The van der Waals surface area contributed by atoms with Crippen LogP contribution in [0.5, 0.6) is 0 Å². The fourth-order valence-electron chi connectivity index (χ4n) is 3.16. The standard InChI is InChI=1S/C26H17F6NO2/c27-25(28,29)20-12-8-17(9-13-20)22(18-10-14-21(15-11-18)26(30,31)32)5-3-7-24(35)33-23-6-2-1-4-19(23)16-34/h1-16H,(H,33,35)/b7-3+. The minimum absolute atomic E-state index is 0.264. The van der Waals surface area contributed by atoms with E-state index in [4.69, 9.17) is 0 Å². The van der Waals surface area contributed by atoms with Crippen LogP contribution in [-0.2, 0) is 17.1 Å². The summed E-state index contributed by atoms with van der Waals surface area (Å²) in [6.07, 6.45) is -4.69. The predicted molar refractivity (Wildman–Crippen MR) is 120 cm³/mol. The van der Waals surface area contributed by atoms with Crippen molar-refractivity contribution in [3.63, 3.8) is 0 Å². The SMILES string of the molecule is O=Cc1ccccc1NC(=O)/C=C/C=C(c1ccc(C(F)(F)F)cc1)c1ccc(C(F)(F)F)cc1. The molecule has 0 aliphatic carbocycles. The van der Waals surface area contributed by atoms with Gasteiger partial charge in [0.05, 0.1) is 16.8 Å². The summed E-state index contributed by atoms with van der Waals surface area (Å²) < 4.78 is 77.6. The zero-order valence-corrected chi connectivity index (χ0v) is 17.8. The van der Waals surface area contributed by atoms with E-state index in [1.807, 2.05) is 0 Å². The molecular weight excluding hydrogens is 472 g/mol. The maximum absolute atomic E-state index is 12.9. The number of benzene rings is 3. The smallest absolute Gasteiger partial charge is 0.322 e. The van der Waals surface area contributed by atoms with E-state index in [9.17, 15) is 35.9 Å². The molecule has 0 unspecified atom stereocenters. The second kappa shape index (κ2) is 10.4. The summed E-state index contributed by atoms with van der Waals surface area (Å²) in [5, 5.41) is 2.53. The molecule has 0 fully saturated rings. The van der Waals surface area contributed by atoms with Gasteiger partial charge in [0.15, 0.2) is 6.29 Å². The Morgan fingerprint density at radius 3 is 1.66 bits per heavy atom. The number of rotatable bonds is 6. The van der Waals surface area contributed by atoms with E-state index in [2.05, 4.69) is 5.32 Å². The maximum Gasteiger partial charge on any atom is 0.416 e. The second-order valence-electron chi connectivity index (χ2n) is 7.28. The van der Waals surface area contributed by atoms with Crippen molar-refractivity contribution in [3.05, 3.63) is 119 Å². The lowest BCUT2D eigenvalue weighted by Crippen LogP contribution is -2.09. The molecule has 0 saturated heterocycles. The Kier molecular flexibility index (Phi) is 7.58. The van der Waals surface area contributed by atoms with Crippen LogP contribution in [-0.4, -0.2) is 12.2 Å². The molecular formula is C26H17F6NO2. The number of hydrogen-bond acceptors (Lipinski definition) is 2. The van der Waals surface area contributed by atoms with Crippen molar-refractivity contribution in [1.29, 1.82) is 0 Å². The molecule has 3 nitrogen and oxygen atoms in total. The quantitative estimate of drug-likeness (QED) is 0.173. The third kappa shape index (κ3) is 6.69. The van der Waals surface area contributed by atoms with Gasteiger partial charge in [-0.2, -0.15) is 26.3 Å². The topological polar surface area (TPSA) is 46.2 Å². The van der Waals surface area contributed by atoms with E-state index in [0.717, 1.165) is 30.3 Å². The third-order valence-electron chi connectivity index (χ3n) is 4.90. The molecule has 0 aliphatic rings. The van der Waals surface area contributed by atoms with Gasteiger partial charge in [0.25, 0.3) is 0 Å². The van der Waals surface area contributed by atoms with E-state index in [-0.39, 0.29) is 11.3 Å². The summed E-state index contributed by atoms with van der Waals surface area (Å²) in [4.78, 5) is 23.3. The van der Waals surface area contributed by atoms with Crippen molar-refractivity contribution in [1.82, 2.24) is 0 Å². The van der Waals surface area contributed by atoms with Gasteiger partial charge >= 0.3 is 12.4 Å². The first-order valence-corrected chi connectivity index (χ1v) is 10.1. The molecule has 0 bridgehead atoms. The van der Waals surface area contributed by atoms with Gasteiger partial charge < -0.3 is 5.32 Å². The largest absolute Gasteiger partial charge is 0.416 e. The Morgan fingerprint density at radius 1 is 0.714 bits per heavy atom. The Labute approximate surface area is 196 Å². The lowest BCUT2D eigenvalue weighted by Gasteiger charge is -2.12. The number of amides is 1. The van der Waals surface area contributed by atoms with Gasteiger partial charge in [-0.1, -0.05) is 48.6 Å². The number of para-hydroxylation sites is 1. The van der Waals surface area contributed by atoms with Gasteiger partial charge in [0, 0.05) is 11.6 Å². The summed E-state index contributed by atoms with van der Waals surface area (Å²) >= 11 is 0. The number of halogens is 6. The predicted octanol–water partition coefficient (Wildman–Crippen LogP) is 7.16. The van der Waals surface area contributed by atoms with E-state index < -0.39 is 29.4 Å². The second-order valence-corrected chi connectivity index (χ2v) is 7.28. The first-order chi connectivity index (χ1) is 16.5. The summed E-state index contributed by atoms with van der Waals surface area (Å²) in [5.74, 6) is -0.588. The molecule has 0 atom stereocenters. The van der Waals surface area contributed by atoms with E-state index in [1.54, 1.807) is 12.1 Å². The van der Waals surface area contributed by atoms with Crippen LogP contribution in [0.4, 0.5) is 32.0 Å². The van der Waals surface area contributed by atoms with Crippen molar-refractivity contribution in [2.75, 3.05) is 5.32 Å². The lowest BCUT2D eigenvalue weighted by molar-refractivity contribution is -0.138. The number of nitrogens with one attached hydrogen (secondary N) is 1. The fourth-order valence-corrected chi connectivity index (χ4v) is 3.16. The van der Waals surface area contributed by atoms with Gasteiger partial charge in [-0.15, -0.1) is 0 Å². The molecule has 0 radical (unpaired) electrons. The van der Waals surface area contributed by atoms with E-state index >= 15 is 0 Å². The number of anilines is 1. The average molecular weight is 489 g/mol. The molecule has 0 heterocycles. The number of hydrogen-bond donors (Lipinski definition) is 1. The average Bonchev–Trinajstić information content (AvgIpc) is 2.81. The zero-order chi connectivity index (χ0) is 25.6. The molecule has 35 heavy (non-hydrogen) atoms. The molecule has 0 spiro atoms. The number of aldehydes is 1. The van der Waals surface area contributed by atoms with Gasteiger partial charge in [-0.25, -0.2) is 0 Å². The number of carbonyl (C=O) groups is 2. The van der Waals surface area contributed by atoms with E-state index in [0.29, 0.717) is 23.0 Å². The number of allylic oxidation sites excluding steroid dienone is 2. The lowest BCUT2D eigenvalue weighted by atomic mass is 9.95. The van der Waals surface area contributed by atoms with Crippen molar-refractivity contribution >= 4 is 23.5 Å².